The van der Waals surface area contributed by atoms with Gasteiger partial charge < -0.3 is 11.1 Å². The van der Waals surface area contributed by atoms with Gasteiger partial charge in [-0.1, -0.05) is 13.0 Å². The van der Waals surface area contributed by atoms with Crippen LogP contribution in [-0.4, -0.2) is 29.0 Å². The number of nitrogens with zero attached hydrogens (tertiary/aromatic N) is 2. The number of anilines is 1. The monoisotopic (exact) mass is 352 g/mol. The van der Waals surface area contributed by atoms with Crippen LogP contribution in [0, 0.1) is 0 Å². The number of nitrogens with two attached hydrogens (primary N) is 1. The summed E-state index contributed by atoms with van der Waals surface area (Å²) >= 11 is 1.77. The van der Waals surface area contributed by atoms with E-state index in [2.05, 4.69) is 28.5 Å². The molecular formula is C10H17IN4S. The molecule has 3 N–H and O–H groups in total. The summed E-state index contributed by atoms with van der Waals surface area (Å²) in [6.45, 7) is 2.83. The van der Waals surface area contributed by atoms with Crippen LogP contribution in [0.4, 0.5) is 5.82 Å². The number of hydrogen-bond donors (Lipinski definition) is 2. The molecule has 0 aromatic carbocycles. The maximum absolute atomic E-state index is 5.70. The summed E-state index contributed by atoms with van der Waals surface area (Å²) in [5, 5.41) is 3.41. The van der Waals surface area contributed by atoms with E-state index in [-0.39, 0.29) is 24.0 Å². The third-order valence-electron chi connectivity index (χ3n) is 1.84. The summed E-state index contributed by atoms with van der Waals surface area (Å²) in [7, 11) is 0. The molecule has 6 heteroatoms. The zero-order chi connectivity index (χ0) is 11.1. The van der Waals surface area contributed by atoms with Crippen molar-refractivity contribution in [2.45, 2.75) is 12.2 Å². The Morgan fingerprint density at radius 1 is 1.62 bits per heavy atom. The maximum atomic E-state index is 5.70. The maximum Gasteiger partial charge on any atom is 0.194 e. The Labute approximate surface area is 118 Å². The van der Waals surface area contributed by atoms with Crippen LogP contribution in [-0.2, 0) is 0 Å². The molecule has 1 heterocycles. The van der Waals surface area contributed by atoms with Gasteiger partial charge in [0.25, 0.3) is 0 Å². The highest BCUT2D eigenvalue weighted by Gasteiger charge is 1.98. The molecule has 1 rings (SSSR count). The molecule has 1 aromatic heterocycles. The number of thioether (sulfide) groups is 1. The summed E-state index contributed by atoms with van der Waals surface area (Å²) in [4.78, 5) is 8.30. The molecule has 1 aromatic rings. The van der Waals surface area contributed by atoms with E-state index in [1.165, 1.54) is 0 Å². The Morgan fingerprint density at radius 3 is 2.94 bits per heavy atom. The standard InChI is InChI=1S/C10H16N4S.HI/c1-8(15-2)7-13-10(11)14-9-5-3-4-6-12-9;/h3-6,8H,7H2,1-2H3,(H3,11,12,13,14);1H. The first kappa shape index (κ1) is 15.5. The van der Waals surface area contributed by atoms with E-state index in [1.54, 1.807) is 18.0 Å². The Morgan fingerprint density at radius 2 is 2.38 bits per heavy atom. The molecule has 90 valence electrons. The molecule has 16 heavy (non-hydrogen) atoms. The SMILES string of the molecule is CSC(C)CN=C(N)Nc1ccccn1.I. The lowest BCUT2D eigenvalue weighted by Crippen LogP contribution is -2.24. The van der Waals surface area contributed by atoms with Crippen molar-refractivity contribution in [2.24, 2.45) is 10.7 Å². The van der Waals surface area contributed by atoms with E-state index in [1.807, 2.05) is 18.2 Å². The van der Waals surface area contributed by atoms with Crippen LogP contribution >= 0.6 is 35.7 Å². The summed E-state index contributed by atoms with van der Waals surface area (Å²) < 4.78 is 0. The molecule has 0 bridgehead atoms. The number of hydrogen-bond acceptors (Lipinski definition) is 3. The Balaban J connectivity index is 0.00000225. The number of nitrogens with one attached hydrogen (secondary N) is 1. The van der Waals surface area contributed by atoms with Crippen LogP contribution in [0.25, 0.3) is 0 Å². The topological polar surface area (TPSA) is 63.3 Å². The molecule has 0 saturated heterocycles. The lowest BCUT2D eigenvalue weighted by molar-refractivity contribution is 0.951. The van der Waals surface area contributed by atoms with Gasteiger partial charge in [-0.25, -0.2) is 4.98 Å². The molecule has 0 saturated carbocycles. The second-order valence-electron chi connectivity index (χ2n) is 3.11. The lowest BCUT2D eigenvalue weighted by atomic mass is 10.4. The molecule has 1 unspecified atom stereocenters. The van der Waals surface area contributed by atoms with Gasteiger partial charge in [0.15, 0.2) is 5.96 Å². The third kappa shape index (κ3) is 6.16. The minimum absolute atomic E-state index is 0. The highest BCUT2D eigenvalue weighted by atomic mass is 127. The number of rotatable bonds is 4. The number of pyridine rings is 1. The predicted octanol–water partition coefficient (Wildman–Crippen LogP) is 2.18. The first-order valence-corrected chi connectivity index (χ1v) is 6.02. The molecule has 4 nitrogen and oxygen atoms in total. The predicted molar refractivity (Wildman–Crippen MR) is 82.7 cm³/mol. The van der Waals surface area contributed by atoms with Crippen molar-refractivity contribution in [3.63, 3.8) is 0 Å². The average molecular weight is 352 g/mol. The minimum atomic E-state index is 0. The van der Waals surface area contributed by atoms with Gasteiger partial charge in [-0.2, -0.15) is 11.8 Å². The molecule has 0 amide bonds. The van der Waals surface area contributed by atoms with Crippen molar-refractivity contribution in [2.75, 3.05) is 18.1 Å². The van der Waals surface area contributed by atoms with Gasteiger partial charge in [0.2, 0.25) is 0 Å². The Hall–Kier alpha value is -0.500. The fraction of sp³-hybridized carbons (Fsp3) is 0.400. The van der Waals surface area contributed by atoms with E-state index in [9.17, 15) is 0 Å². The average Bonchev–Trinajstić information content (AvgIpc) is 2.27. The minimum Gasteiger partial charge on any atom is -0.370 e. The molecule has 0 aliphatic carbocycles. The Bertz CT molecular complexity index is 318. The van der Waals surface area contributed by atoms with Gasteiger partial charge in [0.05, 0.1) is 6.54 Å². The summed E-state index contributed by atoms with van der Waals surface area (Å²) in [5.74, 6) is 1.13. The molecule has 0 fully saturated rings. The number of aromatic nitrogens is 1. The normalized spacial score (nSPS) is 12.8. The molecule has 0 spiro atoms. The summed E-state index contributed by atoms with van der Waals surface area (Å²) in [6, 6.07) is 5.60. The second kappa shape index (κ2) is 8.63. The van der Waals surface area contributed by atoms with Crippen LogP contribution in [0.3, 0.4) is 0 Å². The van der Waals surface area contributed by atoms with Gasteiger partial charge in [0.1, 0.15) is 5.82 Å². The number of aliphatic imine (C=N–C) groups is 1. The largest absolute Gasteiger partial charge is 0.370 e. The van der Waals surface area contributed by atoms with E-state index in [0.717, 1.165) is 5.82 Å². The van der Waals surface area contributed by atoms with E-state index in [0.29, 0.717) is 17.8 Å². The van der Waals surface area contributed by atoms with E-state index in [4.69, 9.17) is 5.73 Å². The van der Waals surface area contributed by atoms with Crippen molar-refractivity contribution in [1.82, 2.24) is 4.98 Å². The van der Waals surface area contributed by atoms with Crippen molar-refractivity contribution in [1.29, 1.82) is 0 Å². The van der Waals surface area contributed by atoms with Crippen LogP contribution in [0.2, 0.25) is 0 Å². The van der Waals surface area contributed by atoms with Gasteiger partial charge >= 0.3 is 0 Å². The van der Waals surface area contributed by atoms with Gasteiger partial charge in [-0.05, 0) is 18.4 Å². The molecular weight excluding hydrogens is 335 g/mol. The fourth-order valence-corrected chi connectivity index (χ4v) is 1.13. The fourth-order valence-electron chi connectivity index (χ4n) is 0.909. The number of guanidine groups is 1. The van der Waals surface area contributed by atoms with Crippen LogP contribution in [0.15, 0.2) is 29.4 Å². The zero-order valence-electron chi connectivity index (χ0n) is 9.38. The third-order valence-corrected chi connectivity index (χ3v) is 2.80. The van der Waals surface area contributed by atoms with Crippen molar-refractivity contribution >= 4 is 47.5 Å². The summed E-state index contributed by atoms with van der Waals surface area (Å²) in [5.41, 5.74) is 5.70. The van der Waals surface area contributed by atoms with Gasteiger partial charge in [-0.15, -0.1) is 24.0 Å². The van der Waals surface area contributed by atoms with Crippen LogP contribution in [0.1, 0.15) is 6.92 Å². The summed E-state index contributed by atoms with van der Waals surface area (Å²) in [6.07, 6.45) is 3.77. The first-order chi connectivity index (χ1) is 7.22. The lowest BCUT2D eigenvalue weighted by Gasteiger charge is -2.06. The van der Waals surface area contributed by atoms with Crippen LogP contribution in [0.5, 0.6) is 0 Å². The molecule has 1 atom stereocenters. The van der Waals surface area contributed by atoms with Crippen molar-refractivity contribution < 1.29 is 0 Å². The van der Waals surface area contributed by atoms with Crippen molar-refractivity contribution in [3.05, 3.63) is 24.4 Å². The van der Waals surface area contributed by atoms with E-state index < -0.39 is 0 Å². The van der Waals surface area contributed by atoms with E-state index >= 15 is 0 Å². The quantitative estimate of drug-likeness (QED) is 0.495. The van der Waals surface area contributed by atoms with Gasteiger partial charge in [-0.3, -0.25) is 4.99 Å². The number of halogens is 1. The molecule has 0 radical (unpaired) electrons. The first-order valence-electron chi connectivity index (χ1n) is 4.73. The van der Waals surface area contributed by atoms with Gasteiger partial charge in [0, 0.05) is 11.4 Å². The Kier molecular flexibility index (Phi) is 8.36. The highest BCUT2D eigenvalue weighted by Crippen LogP contribution is 2.05. The zero-order valence-corrected chi connectivity index (χ0v) is 12.5. The molecule has 0 aliphatic heterocycles. The highest BCUT2D eigenvalue weighted by molar-refractivity contribution is 14.0. The molecule has 0 aliphatic rings. The smallest absolute Gasteiger partial charge is 0.194 e. The van der Waals surface area contributed by atoms with Crippen molar-refractivity contribution in [3.8, 4) is 0 Å². The van der Waals surface area contributed by atoms with Crippen LogP contribution < -0.4 is 11.1 Å². The second-order valence-corrected chi connectivity index (χ2v) is 4.39.